The van der Waals surface area contributed by atoms with Gasteiger partial charge in [-0.2, -0.15) is 21.0 Å². The molecule has 0 bridgehead atoms. The van der Waals surface area contributed by atoms with Crippen molar-refractivity contribution in [2.45, 2.75) is 0 Å². The van der Waals surface area contributed by atoms with Gasteiger partial charge in [0.2, 0.25) is 0 Å². The second-order valence-corrected chi connectivity index (χ2v) is 19.9. The maximum Gasteiger partial charge on any atom is 0.160 e. The molecule has 0 saturated carbocycles. The lowest BCUT2D eigenvalue weighted by molar-refractivity contribution is 1.18. The first-order valence-electron chi connectivity index (χ1n) is 26.9. The number of nitrogens with zero attached hydrogens (tertiary/aromatic N) is 9. The molecule has 386 valence electrons. The Balaban J connectivity index is 0.877. The van der Waals surface area contributed by atoms with Crippen molar-refractivity contribution in [2.24, 2.45) is 0 Å². The fourth-order valence-corrected chi connectivity index (χ4v) is 10.9. The van der Waals surface area contributed by atoms with Gasteiger partial charge in [0, 0.05) is 78.4 Å². The van der Waals surface area contributed by atoms with Gasteiger partial charge in [-0.25, -0.2) is 9.97 Å². The van der Waals surface area contributed by atoms with Crippen molar-refractivity contribution < 1.29 is 0 Å². The maximum absolute atomic E-state index is 10.8. The van der Waals surface area contributed by atoms with Crippen molar-refractivity contribution in [3.8, 4) is 86.1 Å². The molecule has 83 heavy (non-hydrogen) atoms. The number of hydrogen-bond donors (Lipinski definition) is 0. The van der Waals surface area contributed by atoms with Crippen molar-refractivity contribution in [3.63, 3.8) is 0 Å². The molecule has 13 rings (SSSR count). The second-order valence-electron chi connectivity index (χ2n) is 19.9. The zero-order valence-corrected chi connectivity index (χ0v) is 44.5. The van der Waals surface area contributed by atoms with E-state index in [1.807, 2.05) is 97.1 Å². The Labute approximate surface area is 480 Å². The molecule has 2 aromatic heterocycles. The van der Waals surface area contributed by atoms with E-state index >= 15 is 0 Å². The molecule has 0 amide bonds. The first-order valence-corrected chi connectivity index (χ1v) is 26.9. The van der Waals surface area contributed by atoms with Gasteiger partial charge in [0.1, 0.15) is 0 Å². The van der Waals surface area contributed by atoms with Crippen LogP contribution in [0.3, 0.4) is 0 Å². The van der Waals surface area contributed by atoms with Gasteiger partial charge in [-0.15, -0.1) is 0 Å². The van der Waals surface area contributed by atoms with E-state index in [4.69, 9.17) is 9.97 Å². The van der Waals surface area contributed by atoms with E-state index in [1.54, 1.807) is 30.3 Å². The van der Waals surface area contributed by atoms with Gasteiger partial charge in [0.15, 0.2) is 5.82 Å². The Morgan fingerprint density at radius 1 is 0.301 bits per heavy atom. The Morgan fingerprint density at radius 3 is 1.02 bits per heavy atom. The number of aromatic nitrogens is 3. The molecular formula is C74H45N9. The Bertz CT molecular complexity index is 4430. The first kappa shape index (κ1) is 50.4. The summed E-state index contributed by atoms with van der Waals surface area (Å²) in [5.74, 6) is 0.479. The number of fused-ring (bicyclic) bond motifs is 3. The molecule has 0 atom stereocenters. The second kappa shape index (κ2) is 21.9. The fraction of sp³-hybridized carbons (Fsp3) is 0. The van der Waals surface area contributed by atoms with Crippen LogP contribution in [-0.4, -0.2) is 14.5 Å². The molecular weight excluding hydrogens is 1010 g/mol. The Morgan fingerprint density at radius 2 is 0.651 bits per heavy atom. The lowest BCUT2D eigenvalue weighted by Crippen LogP contribution is -2.09. The van der Waals surface area contributed by atoms with Crippen LogP contribution in [0.2, 0.25) is 0 Å². The lowest BCUT2D eigenvalue weighted by Gasteiger charge is -2.26. The molecule has 0 radical (unpaired) electrons. The molecule has 0 saturated heterocycles. The van der Waals surface area contributed by atoms with Crippen molar-refractivity contribution in [3.05, 3.63) is 295 Å². The molecule has 9 heteroatoms. The third-order valence-electron chi connectivity index (χ3n) is 14.9. The van der Waals surface area contributed by atoms with Crippen LogP contribution in [-0.2, 0) is 0 Å². The average Bonchev–Trinajstić information content (AvgIpc) is 3.25. The summed E-state index contributed by atoms with van der Waals surface area (Å²) >= 11 is 0. The number of nitriles is 4. The van der Waals surface area contributed by atoms with Crippen LogP contribution in [0.1, 0.15) is 22.3 Å². The van der Waals surface area contributed by atoms with Crippen LogP contribution in [0.15, 0.2) is 273 Å². The molecule has 0 aliphatic carbocycles. The zero-order valence-electron chi connectivity index (χ0n) is 44.5. The first-order chi connectivity index (χ1) is 40.9. The van der Waals surface area contributed by atoms with E-state index in [9.17, 15) is 21.0 Å². The predicted molar refractivity (Wildman–Crippen MR) is 332 cm³/mol. The van der Waals surface area contributed by atoms with E-state index < -0.39 is 0 Å². The van der Waals surface area contributed by atoms with Crippen LogP contribution < -0.4 is 9.80 Å². The minimum atomic E-state index is 0.429. The third-order valence-corrected chi connectivity index (χ3v) is 14.9. The largest absolute Gasteiger partial charge is 0.310 e. The van der Waals surface area contributed by atoms with Crippen molar-refractivity contribution in [1.82, 2.24) is 14.5 Å². The summed E-state index contributed by atoms with van der Waals surface area (Å²) in [6.07, 6.45) is 0. The molecule has 0 N–H and O–H groups in total. The van der Waals surface area contributed by atoms with Crippen LogP contribution in [0.25, 0.3) is 83.6 Å². The summed E-state index contributed by atoms with van der Waals surface area (Å²) in [5.41, 5.74) is 17.7. The van der Waals surface area contributed by atoms with E-state index in [-0.39, 0.29) is 0 Å². The highest BCUT2D eigenvalue weighted by atomic mass is 15.1. The minimum absolute atomic E-state index is 0.429. The molecule has 11 aromatic carbocycles. The van der Waals surface area contributed by atoms with Gasteiger partial charge in [0.05, 0.1) is 69.0 Å². The molecule has 0 aliphatic heterocycles. The normalized spacial score (nSPS) is 10.8. The molecule has 0 spiro atoms. The highest BCUT2D eigenvalue weighted by molar-refractivity contribution is 6.12. The molecule has 9 nitrogen and oxygen atoms in total. The summed E-state index contributed by atoms with van der Waals surface area (Å²) < 4.78 is 2.30. The standard InChI is InChI=1S/C74H45N9/c75-46-50-21-25-54(26-22-50)70-45-71(80-74(79-70)56-27-23-51(47-76)24-28-56)55-31-29-52(30-32-55)66-41-58(49-78)67(42-57(66)48-77)53-33-35-63(36-34-53)83-72-39-37-64(81(59-13-5-1-6-14-59)60-15-7-2-8-16-60)43-68(72)69-44-65(38-40-73(69)83)82(61-17-9-3-10-18-61)62-19-11-4-12-20-62/h1-45H. The molecule has 2 heterocycles. The van der Waals surface area contributed by atoms with Crippen LogP contribution in [0.4, 0.5) is 34.1 Å². The van der Waals surface area contributed by atoms with Crippen LogP contribution in [0, 0.1) is 45.3 Å². The summed E-state index contributed by atoms with van der Waals surface area (Å²) in [7, 11) is 0. The highest BCUT2D eigenvalue weighted by Gasteiger charge is 2.22. The Hall–Kier alpha value is -12.1. The molecule has 0 fully saturated rings. The highest BCUT2D eigenvalue weighted by Crippen LogP contribution is 2.44. The van der Waals surface area contributed by atoms with E-state index in [0.717, 1.165) is 89.4 Å². The van der Waals surface area contributed by atoms with Crippen molar-refractivity contribution in [2.75, 3.05) is 9.80 Å². The van der Waals surface area contributed by atoms with Gasteiger partial charge >= 0.3 is 0 Å². The number of para-hydroxylation sites is 4. The number of hydrogen-bond acceptors (Lipinski definition) is 8. The number of benzene rings is 11. The quantitative estimate of drug-likeness (QED) is 0.118. The third kappa shape index (κ3) is 9.73. The Kier molecular flexibility index (Phi) is 13.3. The topological polar surface area (TPSA) is 132 Å². The van der Waals surface area contributed by atoms with Gasteiger partial charge in [-0.05, 0) is 163 Å². The van der Waals surface area contributed by atoms with Gasteiger partial charge in [-0.3, -0.25) is 0 Å². The van der Waals surface area contributed by atoms with E-state index in [1.165, 1.54) is 0 Å². The summed E-state index contributed by atoms with van der Waals surface area (Å²) in [6, 6.07) is 100. The maximum atomic E-state index is 10.8. The minimum Gasteiger partial charge on any atom is -0.310 e. The molecule has 13 aromatic rings. The van der Waals surface area contributed by atoms with Crippen molar-refractivity contribution >= 4 is 55.9 Å². The monoisotopic (exact) mass is 1060 g/mol. The zero-order chi connectivity index (χ0) is 56.2. The lowest BCUT2D eigenvalue weighted by atomic mass is 9.91. The summed E-state index contributed by atoms with van der Waals surface area (Å²) in [4.78, 5) is 14.4. The molecule has 0 unspecified atom stereocenters. The van der Waals surface area contributed by atoms with Gasteiger partial charge in [0.25, 0.3) is 0 Å². The number of anilines is 6. The van der Waals surface area contributed by atoms with Crippen LogP contribution in [0.5, 0.6) is 0 Å². The molecule has 0 aliphatic rings. The predicted octanol–water partition coefficient (Wildman–Crippen LogP) is 18.3. The van der Waals surface area contributed by atoms with Crippen molar-refractivity contribution in [1.29, 1.82) is 21.0 Å². The smallest absolute Gasteiger partial charge is 0.160 e. The van der Waals surface area contributed by atoms with Gasteiger partial charge < -0.3 is 14.4 Å². The average molecular weight is 1060 g/mol. The number of rotatable bonds is 12. The summed E-state index contributed by atoms with van der Waals surface area (Å²) in [5, 5.41) is 42.5. The van der Waals surface area contributed by atoms with Crippen LogP contribution >= 0.6 is 0 Å². The van der Waals surface area contributed by atoms with E-state index in [2.05, 4.69) is 184 Å². The SMILES string of the molecule is N#Cc1ccc(-c2cc(-c3ccc(-c4cc(C#N)c(-c5ccc(-n6c7ccc(N(c8ccccc8)c8ccccc8)cc7c7cc(N(c8ccccc8)c8ccccc8)ccc76)cc5)cc4C#N)cc3)nc(-c3ccc(C#N)cc3)n2)cc1. The summed E-state index contributed by atoms with van der Waals surface area (Å²) in [6.45, 7) is 0. The van der Waals surface area contributed by atoms with Gasteiger partial charge in [-0.1, -0.05) is 121 Å². The fourth-order valence-electron chi connectivity index (χ4n) is 10.9. The van der Waals surface area contributed by atoms with E-state index in [0.29, 0.717) is 50.6 Å².